The molecule has 1 fully saturated rings. The Hall–Kier alpha value is -0.300. The topological polar surface area (TPSA) is 20.2 Å². The van der Waals surface area contributed by atoms with Crippen LogP contribution in [0.1, 0.15) is 66.7 Å². The van der Waals surface area contributed by atoms with Crippen LogP contribution in [0.4, 0.5) is 0 Å². The van der Waals surface area contributed by atoms with Crippen molar-refractivity contribution in [2.45, 2.75) is 72.3 Å². The van der Waals surface area contributed by atoms with Crippen molar-refractivity contribution < 1.29 is 5.11 Å². The zero-order valence-corrected chi connectivity index (χ0v) is 12.8. The van der Waals surface area contributed by atoms with Gasteiger partial charge in [0.05, 0.1) is 5.60 Å². The van der Waals surface area contributed by atoms with Gasteiger partial charge in [-0.2, -0.15) is 0 Å². The molecule has 2 aliphatic carbocycles. The van der Waals surface area contributed by atoms with Crippen molar-refractivity contribution in [1.29, 1.82) is 0 Å². The van der Waals surface area contributed by atoms with E-state index in [0.29, 0.717) is 5.41 Å². The van der Waals surface area contributed by atoms with Gasteiger partial charge in [-0.15, -0.1) is 0 Å². The Kier molecular flexibility index (Phi) is 3.66. The van der Waals surface area contributed by atoms with Crippen molar-refractivity contribution in [3.05, 3.63) is 11.6 Å². The second-order valence-electron chi connectivity index (χ2n) is 7.48. The summed E-state index contributed by atoms with van der Waals surface area (Å²) in [4.78, 5) is 0. The number of hydrogen-bond donors (Lipinski definition) is 1. The minimum Gasteiger partial charge on any atom is -0.390 e. The van der Waals surface area contributed by atoms with Crippen LogP contribution in [0.5, 0.6) is 0 Å². The summed E-state index contributed by atoms with van der Waals surface area (Å²) in [7, 11) is 0. The lowest BCUT2D eigenvalue weighted by Crippen LogP contribution is -2.46. The van der Waals surface area contributed by atoms with Crippen LogP contribution in [0.15, 0.2) is 11.6 Å². The van der Waals surface area contributed by atoms with Crippen molar-refractivity contribution in [3.8, 4) is 0 Å². The van der Waals surface area contributed by atoms with E-state index < -0.39 is 5.60 Å². The molecule has 2 rings (SSSR count). The maximum atomic E-state index is 10.3. The van der Waals surface area contributed by atoms with Crippen LogP contribution in [0.2, 0.25) is 0 Å². The monoisotopic (exact) mass is 250 g/mol. The van der Waals surface area contributed by atoms with Crippen LogP contribution in [-0.4, -0.2) is 10.7 Å². The highest BCUT2D eigenvalue weighted by Crippen LogP contribution is 2.56. The molecule has 0 amide bonds. The lowest BCUT2D eigenvalue weighted by atomic mass is 9.53. The Balaban J connectivity index is 2.32. The van der Waals surface area contributed by atoms with E-state index in [1.807, 2.05) is 6.92 Å². The van der Waals surface area contributed by atoms with Gasteiger partial charge in [-0.05, 0) is 55.8 Å². The first-order valence-electron chi connectivity index (χ1n) is 7.72. The molecular formula is C17H30O. The molecule has 1 N–H and O–H groups in total. The average molecular weight is 250 g/mol. The minimum atomic E-state index is -0.464. The fraction of sp³-hybridized carbons (Fsp3) is 0.882. The fourth-order valence-corrected chi connectivity index (χ4v) is 4.52. The lowest BCUT2D eigenvalue weighted by molar-refractivity contribution is -0.0185. The Bertz CT molecular complexity index is 340. The third-order valence-corrected chi connectivity index (χ3v) is 5.76. The van der Waals surface area contributed by atoms with E-state index in [2.05, 4.69) is 33.8 Å². The van der Waals surface area contributed by atoms with E-state index in [-0.39, 0.29) is 0 Å². The summed E-state index contributed by atoms with van der Waals surface area (Å²) in [5.41, 5.74) is 1.43. The van der Waals surface area contributed by atoms with Crippen LogP contribution >= 0.6 is 0 Å². The molecule has 0 aromatic rings. The van der Waals surface area contributed by atoms with E-state index in [1.54, 1.807) is 5.57 Å². The van der Waals surface area contributed by atoms with E-state index in [4.69, 9.17) is 0 Å². The molecule has 2 unspecified atom stereocenters. The molecule has 2 aliphatic rings. The van der Waals surface area contributed by atoms with E-state index >= 15 is 0 Å². The summed E-state index contributed by atoms with van der Waals surface area (Å²) >= 11 is 0. The number of allylic oxidation sites excluding steroid dienone is 1. The maximum Gasteiger partial charge on any atom is 0.0657 e. The first-order valence-corrected chi connectivity index (χ1v) is 7.72. The van der Waals surface area contributed by atoms with Gasteiger partial charge in [-0.3, -0.25) is 0 Å². The molecule has 1 heteroatoms. The highest BCUT2D eigenvalue weighted by Gasteiger charge is 2.48. The Morgan fingerprint density at radius 1 is 1.33 bits per heavy atom. The molecule has 0 aromatic heterocycles. The molecule has 0 heterocycles. The summed E-state index contributed by atoms with van der Waals surface area (Å²) in [5.74, 6) is 2.40. The standard InChI is InChI=1S/C17H30O/c1-6-15-14(12(2)3)8-7-13-11-16(4,18)9-10-17(13,15)5/h7,12,14-15,18H,6,8-11H2,1-5H3/t14?,15?,16-,17-/m0/s1. The number of hydrogen-bond acceptors (Lipinski definition) is 1. The normalized spacial score (nSPS) is 44.7. The number of fused-ring (bicyclic) bond motifs is 1. The van der Waals surface area contributed by atoms with Crippen molar-refractivity contribution in [3.63, 3.8) is 0 Å². The van der Waals surface area contributed by atoms with E-state index in [1.165, 1.54) is 12.8 Å². The molecule has 0 aromatic carbocycles. The van der Waals surface area contributed by atoms with Crippen LogP contribution in [0, 0.1) is 23.2 Å². The Morgan fingerprint density at radius 2 is 2.00 bits per heavy atom. The maximum absolute atomic E-state index is 10.3. The van der Waals surface area contributed by atoms with Crippen LogP contribution in [0.3, 0.4) is 0 Å². The Morgan fingerprint density at radius 3 is 2.56 bits per heavy atom. The lowest BCUT2D eigenvalue weighted by Gasteiger charge is -2.53. The zero-order chi connectivity index (χ0) is 13.6. The summed E-state index contributed by atoms with van der Waals surface area (Å²) < 4.78 is 0. The summed E-state index contributed by atoms with van der Waals surface area (Å²) in [6.07, 6.45) is 7.97. The first-order chi connectivity index (χ1) is 8.30. The number of rotatable bonds is 2. The average Bonchev–Trinajstić information content (AvgIpc) is 2.28. The predicted octanol–water partition coefficient (Wildman–Crippen LogP) is 4.56. The van der Waals surface area contributed by atoms with Crippen molar-refractivity contribution in [1.82, 2.24) is 0 Å². The molecule has 0 aliphatic heterocycles. The SMILES string of the molecule is CCC1C(C(C)C)CC=C2C[C@@](C)(O)CC[C@@]21C. The quantitative estimate of drug-likeness (QED) is 0.713. The summed E-state index contributed by atoms with van der Waals surface area (Å²) in [5, 5.41) is 10.3. The second-order valence-corrected chi connectivity index (χ2v) is 7.48. The van der Waals surface area contributed by atoms with Gasteiger partial charge in [-0.1, -0.05) is 45.8 Å². The van der Waals surface area contributed by atoms with Gasteiger partial charge in [0.25, 0.3) is 0 Å². The smallest absolute Gasteiger partial charge is 0.0657 e. The molecule has 1 saturated carbocycles. The molecule has 1 nitrogen and oxygen atoms in total. The van der Waals surface area contributed by atoms with Gasteiger partial charge < -0.3 is 5.11 Å². The summed E-state index contributed by atoms with van der Waals surface area (Å²) in [6.45, 7) is 11.5. The van der Waals surface area contributed by atoms with Gasteiger partial charge >= 0.3 is 0 Å². The molecule has 18 heavy (non-hydrogen) atoms. The molecule has 104 valence electrons. The summed E-state index contributed by atoms with van der Waals surface area (Å²) in [6, 6.07) is 0. The van der Waals surface area contributed by atoms with Gasteiger partial charge in [0.2, 0.25) is 0 Å². The van der Waals surface area contributed by atoms with Crippen molar-refractivity contribution in [2.75, 3.05) is 0 Å². The second kappa shape index (κ2) is 4.67. The zero-order valence-electron chi connectivity index (χ0n) is 12.8. The molecule has 0 spiro atoms. The third kappa shape index (κ3) is 2.27. The van der Waals surface area contributed by atoms with Gasteiger partial charge in [0.15, 0.2) is 0 Å². The van der Waals surface area contributed by atoms with Crippen LogP contribution in [-0.2, 0) is 0 Å². The van der Waals surface area contributed by atoms with E-state index in [0.717, 1.165) is 37.0 Å². The highest BCUT2D eigenvalue weighted by atomic mass is 16.3. The minimum absolute atomic E-state index is 0.351. The third-order valence-electron chi connectivity index (χ3n) is 5.76. The fourth-order valence-electron chi connectivity index (χ4n) is 4.52. The molecular weight excluding hydrogens is 220 g/mol. The Labute approximate surface area is 113 Å². The first kappa shape index (κ1) is 14.1. The van der Waals surface area contributed by atoms with Gasteiger partial charge in [0, 0.05) is 0 Å². The van der Waals surface area contributed by atoms with Crippen LogP contribution in [0.25, 0.3) is 0 Å². The predicted molar refractivity (Wildman–Crippen MR) is 77.4 cm³/mol. The van der Waals surface area contributed by atoms with E-state index in [9.17, 15) is 5.11 Å². The molecule has 0 saturated heterocycles. The highest BCUT2D eigenvalue weighted by molar-refractivity contribution is 5.24. The van der Waals surface area contributed by atoms with Crippen molar-refractivity contribution >= 4 is 0 Å². The van der Waals surface area contributed by atoms with Crippen molar-refractivity contribution in [2.24, 2.45) is 23.2 Å². The molecule has 4 atom stereocenters. The van der Waals surface area contributed by atoms with Gasteiger partial charge in [0.1, 0.15) is 0 Å². The number of aliphatic hydroxyl groups is 1. The van der Waals surface area contributed by atoms with Crippen LogP contribution < -0.4 is 0 Å². The molecule has 0 bridgehead atoms. The largest absolute Gasteiger partial charge is 0.390 e. The van der Waals surface area contributed by atoms with Gasteiger partial charge in [-0.25, -0.2) is 0 Å². The molecule has 0 radical (unpaired) electrons.